The Morgan fingerprint density at radius 1 is 1.15 bits per heavy atom. The van der Waals surface area contributed by atoms with Crippen molar-refractivity contribution in [2.75, 3.05) is 0 Å². The number of benzene rings is 2. The summed E-state index contributed by atoms with van der Waals surface area (Å²) in [5, 5.41) is 9.07. The zero-order chi connectivity index (χ0) is 18.5. The van der Waals surface area contributed by atoms with E-state index in [0.29, 0.717) is 13.0 Å². The van der Waals surface area contributed by atoms with Crippen LogP contribution in [0.4, 0.5) is 4.39 Å². The van der Waals surface area contributed by atoms with Gasteiger partial charge in [0.25, 0.3) is 5.91 Å². The molecule has 1 heterocycles. The molecule has 26 heavy (non-hydrogen) atoms. The largest absolute Gasteiger partial charge is 0.459 e. The Morgan fingerprint density at radius 2 is 1.81 bits per heavy atom. The highest BCUT2D eigenvalue weighted by Crippen LogP contribution is 2.31. The molecule has 0 unspecified atom stereocenters. The minimum Gasteiger partial charge on any atom is -0.459 e. The average molecular weight is 357 g/mol. The van der Waals surface area contributed by atoms with Gasteiger partial charge in [0.15, 0.2) is 5.76 Å². The number of nitrogens with two attached hydrogens (primary N) is 1. The van der Waals surface area contributed by atoms with Gasteiger partial charge in [-0.15, -0.1) is 0 Å². The summed E-state index contributed by atoms with van der Waals surface area (Å²) < 4.78 is 24.5. The molecule has 3 N–H and O–H groups in total. The number of halogens is 1. The molecule has 6 heteroatoms. The molecule has 5 nitrogen and oxygen atoms in total. The third kappa shape index (κ3) is 4.47. The van der Waals surface area contributed by atoms with Crippen LogP contribution >= 0.6 is 0 Å². The van der Waals surface area contributed by atoms with Crippen molar-refractivity contribution in [2.24, 2.45) is 5.73 Å². The molecule has 0 saturated carbocycles. The number of ether oxygens (including phenoxy) is 2. The minimum absolute atomic E-state index is 0.0149. The molecule has 1 aliphatic rings. The molecule has 0 saturated heterocycles. The molecule has 0 aliphatic carbocycles. The first-order chi connectivity index (χ1) is 12.5. The summed E-state index contributed by atoms with van der Waals surface area (Å²) in [6.45, 7) is 0.275. The van der Waals surface area contributed by atoms with E-state index in [1.165, 1.54) is 12.1 Å². The molecule has 2 aromatic carbocycles. The van der Waals surface area contributed by atoms with Gasteiger partial charge in [0.2, 0.25) is 6.29 Å². The summed E-state index contributed by atoms with van der Waals surface area (Å²) in [5.74, 6) is -1.10. The van der Waals surface area contributed by atoms with Crippen molar-refractivity contribution >= 4 is 5.91 Å². The topological polar surface area (TPSA) is 81.8 Å². The molecule has 0 bridgehead atoms. The normalized spacial score (nSPS) is 19.5. The van der Waals surface area contributed by atoms with E-state index in [1.807, 2.05) is 24.3 Å². The number of aliphatic hydroxyl groups is 1. The lowest BCUT2D eigenvalue weighted by molar-refractivity contribution is -0.148. The van der Waals surface area contributed by atoms with Crippen LogP contribution in [-0.4, -0.2) is 17.3 Å². The summed E-state index contributed by atoms with van der Waals surface area (Å²) >= 11 is 0. The van der Waals surface area contributed by atoms with E-state index in [-0.39, 0.29) is 24.1 Å². The maximum atomic E-state index is 13.1. The maximum absolute atomic E-state index is 13.1. The Balaban J connectivity index is 1.70. The molecule has 136 valence electrons. The number of allylic oxidation sites excluding steroid dienone is 1. The first kappa shape index (κ1) is 18.1. The van der Waals surface area contributed by atoms with Crippen LogP contribution in [0.1, 0.15) is 29.0 Å². The Morgan fingerprint density at radius 3 is 2.42 bits per heavy atom. The summed E-state index contributed by atoms with van der Waals surface area (Å²) in [7, 11) is 0. The fourth-order valence-corrected chi connectivity index (χ4v) is 2.80. The molecular formula is C20H20FNO4. The molecule has 2 atom stereocenters. The van der Waals surface area contributed by atoms with Crippen LogP contribution in [0.25, 0.3) is 0 Å². The van der Waals surface area contributed by atoms with Crippen LogP contribution in [0.5, 0.6) is 0 Å². The molecule has 2 aromatic rings. The number of carbonyl (C=O) groups excluding carboxylic acids is 1. The Labute approximate surface area is 150 Å². The van der Waals surface area contributed by atoms with E-state index < -0.39 is 12.2 Å². The van der Waals surface area contributed by atoms with E-state index in [0.717, 1.165) is 16.7 Å². The van der Waals surface area contributed by atoms with Crippen molar-refractivity contribution in [3.63, 3.8) is 0 Å². The van der Waals surface area contributed by atoms with Crippen molar-refractivity contribution in [2.45, 2.75) is 31.8 Å². The standard InChI is InChI=1S/C20H20FNO4/c21-17-7-5-15(6-8-17)16-9-18(20(22)24)26-19(10-16)25-12-14-3-1-13(11-23)2-4-14/h1-9,16,19,23H,10-12H2,(H2,22,24)/t16-,19+/m0/s1. The molecule has 1 amide bonds. The number of primary amides is 1. The molecule has 0 radical (unpaired) electrons. The van der Waals surface area contributed by atoms with E-state index in [4.69, 9.17) is 20.3 Å². The second-order valence-electron chi connectivity index (χ2n) is 6.12. The molecule has 0 fully saturated rings. The van der Waals surface area contributed by atoms with E-state index in [9.17, 15) is 9.18 Å². The third-order valence-corrected chi connectivity index (χ3v) is 4.24. The van der Waals surface area contributed by atoms with Crippen molar-refractivity contribution in [3.05, 3.63) is 82.9 Å². The third-order valence-electron chi connectivity index (χ3n) is 4.24. The number of hydrogen-bond acceptors (Lipinski definition) is 4. The zero-order valence-corrected chi connectivity index (χ0v) is 14.1. The van der Waals surface area contributed by atoms with Gasteiger partial charge in [-0.05, 0) is 34.9 Å². The van der Waals surface area contributed by atoms with Gasteiger partial charge in [-0.25, -0.2) is 4.39 Å². The first-order valence-corrected chi connectivity index (χ1v) is 8.29. The van der Waals surface area contributed by atoms with Crippen molar-refractivity contribution < 1.29 is 23.8 Å². The SMILES string of the molecule is NC(=O)C1=C[C@H](c2ccc(F)cc2)C[C@H](OCc2ccc(CO)cc2)O1. The highest BCUT2D eigenvalue weighted by atomic mass is 19.1. The first-order valence-electron chi connectivity index (χ1n) is 8.29. The highest BCUT2D eigenvalue weighted by molar-refractivity contribution is 5.90. The molecule has 0 aromatic heterocycles. The van der Waals surface area contributed by atoms with Gasteiger partial charge < -0.3 is 20.3 Å². The van der Waals surface area contributed by atoms with Crippen LogP contribution in [0, 0.1) is 5.82 Å². The van der Waals surface area contributed by atoms with Gasteiger partial charge in [-0.3, -0.25) is 4.79 Å². The van der Waals surface area contributed by atoms with Gasteiger partial charge in [0, 0.05) is 12.3 Å². The van der Waals surface area contributed by atoms with Crippen molar-refractivity contribution in [3.8, 4) is 0 Å². The second-order valence-corrected chi connectivity index (χ2v) is 6.12. The van der Waals surface area contributed by atoms with Crippen LogP contribution in [-0.2, 0) is 27.5 Å². The monoisotopic (exact) mass is 357 g/mol. The predicted molar refractivity (Wildman–Crippen MR) is 93.1 cm³/mol. The molecular weight excluding hydrogens is 337 g/mol. The van der Waals surface area contributed by atoms with Gasteiger partial charge in [0.1, 0.15) is 5.82 Å². The smallest absolute Gasteiger partial charge is 0.283 e. The predicted octanol–water partition coefficient (Wildman–Crippen LogP) is 2.73. The van der Waals surface area contributed by atoms with Crippen LogP contribution < -0.4 is 5.73 Å². The maximum Gasteiger partial charge on any atom is 0.283 e. The van der Waals surface area contributed by atoms with Crippen molar-refractivity contribution in [1.29, 1.82) is 0 Å². The fourth-order valence-electron chi connectivity index (χ4n) is 2.80. The average Bonchev–Trinajstić information content (AvgIpc) is 2.67. The van der Waals surface area contributed by atoms with Gasteiger partial charge >= 0.3 is 0 Å². The van der Waals surface area contributed by atoms with Gasteiger partial charge in [0.05, 0.1) is 13.2 Å². The van der Waals surface area contributed by atoms with E-state index >= 15 is 0 Å². The summed E-state index contributed by atoms with van der Waals surface area (Å²) in [4.78, 5) is 11.6. The van der Waals surface area contributed by atoms with Gasteiger partial charge in [-0.2, -0.15) is 0 Å². The highest BCUT2D eigenvalue weighted by Gasteiger charge is 2.27. The van der Waals surface area contributed by atoms with E-state index in [1.54, 1.807) is 18.2 Å². The Kier molecular flexibility index (Phi) is 5.65. The lowest BCUT2D eigenvalue weighted by atomic mass is 9.93. The van der Waals surface area contributed by atoms with Gasteiger partial charge in [-0.1, -0.05) is 36.4 Å². The minimum atomic E-state index is -0.669. The lowest BCUT2D eigenvalue weighted by Gasteiger charge is -2.28. The fraction of sp³-hybridized carbons (Fsp3) is 0.250. The number of hydrogen-bond donors (Lipinski definition) is 2. The quantitative estimate of drug-likeness (QED) is 0.833. The number of aliphatic hydroxyl groups excluding tert-OH is 1. The number of carbonyl (C=O) groups is 1. The zero-order valence-electron chi connectivity index (χ0n) is 14.1. The molecule has 0 spiro atoms. The Bertz CT molecular complexity index is 786. The van der Waals surface area contributed by atoms with E-state index in [2.05, 4.69) is 0 Å². The molecule has 3 rings (SSSR count). The lowest BCUT2D eigenvalue weighted by Crippen LogP contribution is -2.29. The number of amides is 1. The summed E-state index contributed by atoms with van der Waals surface area (Å²) in [6.07, 6.45) is 1.48. The molecule has 1 aliphatic heterocycles. The number of rotatable bonds is 6. The summed E-state index contributed by atoms with van der Waals surface area (Å²) in [6, 6.07) is 13.4. The second kappa shape index (κ2) is 8.12. The van der Waals surface area contributed by atoms with Crippen molar-refractivity contribution in [1.82, 2.24) is 0 Å². The van der Waals surface area contributed by atoms with Crippen LogP contribution in [0.3, 0.4) is 0 Å². The van der Waals surface area contributed by atoms with Crippen LogP contribution in [0.15, 0.2) is 60.4 Å². The Hall–Kier alpha value is -2.70. The van der Waals surface area contributed by atoms with Crippen LogP contribution in [0.2, 0.25) is 0 Å². The summed E-state index contributed by atoms with van der Waals surface area (Å²) in [5.41, 5.74) is 7.95.